The minimum atomic E-state index is -0.360. The second-order valence-corrected chi connectivity index (χ2v) is 7.19. The van der Waals surface area contributed by atoms with E-state index in [1.807, 2.05) is 10.3 Å². The molecular weight excluding hydrogens is 314 g/mol. The third-order valence-electron chi connectivity index (χ3n) is 4.90. The first-order chi connectivity index (χ1) is 11.2. The summed E-state index contributed by atoms with van der Waals surface area (Å²) in [6.45, 7) is 2.23. The van der Waals surface area contributed by atoms with Crippen molar-refractivity contribution in [1.82, 2.24) is 14.3 Å². The van der Waals surface area contributed by atoms with Gasteiger partial charge in [0, 0.05) is 37.3 Å². The zero-order chi connectivity index (χ0) is 15.9. The van der Waals surface area contributed by atoms with E-state index >= 15 is 0 Å². The van der Waals surface area contributed by atoms with Gasteiger partial charge in [-0.3, -0.25) is 14.0 Å². The molecule has 23 heavy (non-hydrogen) atoms. The molecule has 7 heteroatoms. The van der Waals surface area contributed by atoms with Crippen molar-refractivity contribution in [3.63, 3.8) is 0 Å². The molecule has 2 aromatic rings. The molecule has 1 unspecified atom stereocenters. The molecule has 2 saturated heterocycles. The van der Waals surface area contributed by atoms with Crippen LogP contribution in [0.5, 0.6) is 0 Å². The van der Waals surface area contributed by atoms with E-state index in [0.29, 0.717) is 23.7 Å². The number of aromatic nitrogens is 2. The van der Waals surface area contributed by atoms with E-state index < -0.39 is 0 Å². The summed E-state index contributed by atoms with van der Waals surface area (Å²) in [5.41, 5.74) is 0.0210. The highest BCUT2D eigenvalue weighted by Crippen LogP contribution is 2.35. The Hall–Kier alpha value is -1.73. The van der Waals surface area contributed by atoms with Crippen LogP contribution in [0.15, 0.2) is 22.4 Å². The maximum absolute atomic E-state index is 12.9. The van der Waals surface area contributed by atoms with Gasteiger partial charge in [0.05, 0.1) is 5.60 Å². The lowest BCUT2D eigenvalue weighted by atomic mass is 9.92. The monoisotopic (exact) mass is 333 g/mol. The van der Waals surface area contributed by atoms with Gasteiger partial charge >= 0.3 is 0 Å². The van der Waals surface area contributed by atoms with E-state index in [0.717, 1.165) is 38.7 Å². The molecule has 0 N–H and O–H groups in total. The second kappa shape index (κ2) is 5.72. The van der Waals surface area contributed by atoms with Crippen LogP contribution < -0.4 is 5.56 Å². The molecule has 6 nitrogen and oxygen atoms in total. The maximum atomic E-state index is 12.9. The SMILES string of the molecule is O=C(c1cc(=O)nc2sccn12)N1CCCC2(CCCO2)CC1. The molecule has 2 aliphatic rings. The molecule has 2 aliphatic heterocycles. The molecule has 2 aromatic heterocycles. The van der Waals surface area contributed by atoms with E-state index in [1.165, 1.54) is 17.4 Å². The van der Waals surface area contributed by atoms with Crippen LogP contribution in [0.1, 0.15) is 42.6 Å². The average molecular weight is 333 g/mol. The van der Waals surface area contributed by atoms with Crippen LogP contribution in [-0.2, 0) is 4.74 Å². The minimum Gasteiger partial charge on any atom is -0.375 e. The fourth-order valence-corrected chi connectivity index (χ4v) is 4.42. The summed E-state index contributed by atoms with van der Waals surface area (Å²) in [6, 6.07) is 1.34. The van der Waals surface area contributed by atoms with E-state index in [2.05, 4.69) is 4.98 Å². The summed E-state index contributed by atoms with van der Waals surface area (Å²) in [6.07, 6.45) is 6.84. The number of thiazole rings is 1. The molecule has 0 saturated carbocycles. The Morgan fingerprint density at radius 3 is 2.96 bits per heavy atom. The molecule has 1 atom stereocenters. The third kappa shape index (κ3) is 2.68. The van der Waals surface area contributed by atoms with E-state index in [1.54, 1.807) is 10.6 Å². The van der Waals surface area contributed by atoms with Crippen LogP contribution in [0.4, 0.5) is 0 Å². The van der Waals surface area contributed by atoms with Crippen molar-refractivity contribution < 1.29 is 9.53 Å². The Morgan fingerprint density at radius 2 is 2.13 bits per heavy atom. The van der Waals surface area contributed by atoms with Gasteiger partial charge < -0.3 is 9.64 Å². The van der Waals surface area contributed by atoms with E-state index in [9.17, 15) is 9.59 Å². The Bertz CT molecular complexity index is 791. The molecule has 0 aromatic carbocycles. The molecule has 4 heterocycles. The summed E-state index contributed by atoms with van der Waals surface area (Å²) in [5, 5.41) is 1.84. The second-order valence-electron chi connectivity index (χ2n) is 6.32. The Kier molecular flexibility index (Phi) is 3.69. The molecular formula is C16H19N3O3S. The molecule has 4 rings (SSSR count). The van der Waals surface area contributed by atoms with E-state index in [4.69, 9.17) is 4.74 Å². The van der Waals surface area contributed by atoms with Gasteiger partial charge in [0.1, 0.15) is 5.69 Å². The summed E-state index contributed by atoms with van der Waals surface area (Å²) in [4.78, 5) is 31.0. The first kappa shape index (κ1) is 14.8. The summed E-state index contributed by atoms with van der Waals surface area (Å²) in [7, 11) is 0. The van der Waals surface area contributed by atoms with Crippen molar-refractivity contribution >= 4 is 22.2 Å². The fourth-order valence-electron chi connectivity index (χ4n) is 3.70. The van der Waals surface area contributed by atoms with Gasteiger partial charge in [-0.1, -0.05) is 0 Å². The van der Waals surface area contributed by atoms with Crippen LogP contribution in [0.2, 0.25) is 0 Å². The number of fused-ring (bicyclic) bond motifs is 1. The summed E-state index contributed by atoms with van der Waals surface area (Å²) < 4.78 is 7.68. The number of hydrogen-bond donors (Lipinski definition) is 0. The lowest BCUT2D eigenvalue weighted by molar-refractivity contribution is -0.00693. The van der Waals surface area contributed by atoms with Crippen molar-refractivity contribution in [2.24, 2.45) is 0 Å². The minimum absolute atomic E-state index is 0.0260. The van der Waals surface area contributed by atoms with Crippen molar-refractivity contribution in [1.29, 1.82) is 0 Å². The fraction of sp³-hybridized carbons (Fsp3) is 0.562. The third-order valence-corrected chi connectivity index (χ3v) is 5.66. The van der Waals surface area contributed by atoms with Crippen molar-refractivity contribution in [3.05, 3.63) is 33.7 Å². The number of carbonyl (C=O) groups is 1. The van der Waals surface area contributed by atoms with E-state index in [-0.39, 0.29) is 17.1 Å². The molecule has 1 spiro atoms. The van der Waals surface area contributed by atoms with Gasteiger partial charge in [-0.15, -0.1) is 11.3 Å². The highest BCUT2D eigenvalue weighted by atomic mass is 32.1. The molecule has 0 bridgehead atoms. The predicted octanol–water partition coefficient (Wildman–Crippen LogP) is 1.93. The predicted molar refractivity (Wildman–Crippen MR) is 87.0 cm³/mol. The number of carbonyl (C=O) groups excluding carboxylic acids is 1. The smallest absolute Gasteiger partial charge is 0.274 e. The Labute approximate surface area is 137 Å². The highest BCUT2D eigenvalue weighted by molar-refractivity contribution is 7.15. The number of likely N-dealkylation sites (tertiary alicyclic amines) is 1. The normalized spacial score (nSPS) is 25.1. The number of amides is 1. The van der Waals surface area contributed by atoms with Crippen LogP contribution in [0.3, 0.4) is 0 Å². The molecule has 1 amide bonds. The van der Waals surface area contributed by atoms with Crippen LogP contribution in [0, 0.1) is 0 Å². The van der Waals surface area contributed by atoms with Gasteiger partial charge in [0.15, 0.2) is 4.96 Å². The van der Waals surface area contributed by atoms with Crippen LogP contribution in [-0.4, -0.2) is 45.5 Å². The van der Waals surface area contributed by atoms with Gasteiger partial charge in [-0.25, -0.2) is 0 Å². The zero-order valence-electron chi connectivity index (χ0n) is 12.9. The highest BCUT2D eigenvalue weighted by Gasteiger charge is 2.37. The zero-order valence-corrected chi connectivity index (χ0v) is 13.7. The van der Waals surface area contributed by atoms with Crippen molar-refractivity contribution in [3.8, 4) is 0 Å². The standard InChI is InChI=1S/C16H19N3O3S/c20-13-11-12(19-8-10-23-15(19)17-13)14(21)18-6-1-3-16(5-7-18)4-2-9-22-16/h8,10-11H,1-7,9H2. The largest absolute Gasteiger partial charge is 0.375 e. The maximum Gasteiger partial charge on any atom is 0.274 e. The number of nitrogens with zero attached hydrogens (tertiary/aromatic N) is 3. The van der Waals surface area contributed by atoms with Crippen LogP contribution >= 0.6 is 11.3 Å². The Balaban J connectivity index is 1.61. The van der Waals surface area contributed by atoms with Crippen molar-refractivity contribution in [2.45, 2.75) is 37.7 Å². The lowest BCUT2D eigenvalue weighted by Gasteiger charge is -2.27. The number of hydrogen-bond acceptors (Lipinski definition) is 5. The van der Waals surface area contributed by atoms with Gasteiger partial charge in [-0.05, 0) is 32.1 Å². The number of rotatable bonds is 1. The van der Waals surface area contributed by atoms with Gasteiger partial charge in [0.25, 0.3) is 11.5 Å². The number of ether oxygens (including phenoxy) is 1. The average Bonchev–Trinajstić information content (AvgIpc) is 3.13. The topological polar surface area (TPSA) is 63.9 Å². The first-order valence-electron chi connectivity index (χ1n) is 8.07. The lowest BCUT2D eigenvalue weighted by Crippen LogP contribution is -2.35. The van der Waals surface area contributed by atoms with Crippen LogP contribution in [0.25, 0.3) is 4.96 Å². The molecule has 0 radical (unpaired) electrons. The van der Waals surface area contributed by atoms with Gasteiger partial charge in [-0.2, -0.15) is 4.98 Å². The quantitative estimate of drug-likeness (QED) is 0.800. The van der Waals surface area contributed by atoms with Gasteiger partial charge in [0.2, 0.25) is 0 Å². The molecule has 2 fully saturated rings. The summed E-state index contributed by atoms with van der Waals surface area (Å²) >= 11 is 1.36. The van der Waals surface area contributed by atoms with Crippen molar-refractivity contribution in [2.75, 3.05) is 19.7 Å². The summed E-state index contributed by atoms with van der Waals surface area (Å²) in [5.74, 6) is -0.0899. The molecule has 122 valence electrons. The molecule has 0 aliphatic carbocycles. The Morgan fingerprint density at radius 1 is 1.26 bits per heavy atom. The first-order valence-corrected chi connectivity index (χ1v) is 8.95.